The number of carboxylic acid groups (broad SMARTS) is 1. The number of rotatable bonds is 7. The second-order valence-electron chi connectivity index (χ2n) is 7.77. The molecule has 2 saturated carbocycles. The second kappa shape index (κ2) is 6.82. The van der Waals surface area contributed by atoms with Gasteiger partial charge in [0.25, 0.3) is 5.91 Å². The summed E-state index contributed by atoms with van der Waals surface area (Å²) >= 11 is 0. The molecular weight excluding hydrogens is 334 g/mol. The molecule has 1 aliphatic heterocycles. The summed E-state index contributed by atoms with van der Waals surface area (Å²) in [6.07, 6.45) is 4.50. The Morgan fingerprint density at radius 2 is 1.96 bits per heavy atom. The smallest absolute Gasteiger partial charge is 0.308 e. The summed E-state index contributed by atoms with van der Waals surface area (Å²) in [7, 11) is 1.58. The highest BCUT2D eigenvalue weighted by Crippen LogP contribution is 2.44. The van der Waals surface area contributed by atoms with E-state index >= 15 is 0 Å². The molecule has 26 heavy (non-hydrogen) atoms. The van der Waals surface area contributed by atoms with Crippen molar-refractivity contribution in [3.8, 4) is 11.5 Å². The quantitative estimate of drug-likeness (QED) is 0.810. The molecule has 3 aliphatic rings. The number of hydrogen-bond acceptors (Lipinski definition) is 4. The minimum atomic E-state index is -0.794. The third-order valence-electron chi connectivity index (χ3n) is 5.79. The van der Waals surface area contributed by atoms with Crippen LogP contribution in [0.1, 0.15) is 36.0 Å². The summed E-state index contributed by atoms with van der Waals surface area (Å²) in [4.78, 5) is 26.4. The summed E-state index contributed by atoms with van der Waals surface area (Å²) in [6, 6.07) is 5.22. The van der Waals surface area contributed by atoms with Gasteiger partial charge >= 0.3 is 5.97 Å². The molecule has 2 atom stereocenters. The molecule has 0 radical (unpaired) electrons. The van der Waals surface area contributed by atoms with Gasteiger partial charge in [-0.2, -0.15) is 0 Å². The van der Waals surface area contributed by atoms with E-state index < -0.39 is 11.9 Å². The first-order chi connectivity index (χ1) is 12.6. The average molecular weight is 359 g/mol. The van der Waals surface area contributed by atoms with Crippen molar-refractivity contribution in [2.24, 2.45) is 23.7 Å². The van der Waals surface area contributed by atoms with E-state index in [0.29, 0.717) is 42.0 Å². The Hall–Kier alpha value is -2.24. The van der Waals surface area contributed by atoms with Crippen LogP contribution in [0.2, 0.25) is 0 Å². The van der Waals surface area contributed by atoms with Crippen molar-refractivity contribution in [1.29, 1.82) is 0 Å². The lowest BCUT2D eigenvalue weighted by Gasteiger charge is -2.19. The molecule has 3 fully saturated rings. The van der Waals surface area contributed by atoms with Gasteiger partial charge in [0.1, 0.15) is 11.5 Å². The molecule has 140 valence electrons. The van der Waals surface area contributed by atoms with Gasteiger partial charge in [0.05, 0.1) is 25.2 Å². The molecule has 1 aromatic rings. The van der Waals surface area contributed by atoms with Crippen molar-refractivity contribution in [3.05, 3.63) is 23.8 Å². The Labute approximate surface area is 153 Å². The molecule has 0 aromatic heterocycles. The lowest BCUT2D eigenvalue weighted by Crippen LogP contribution is -2.30. The summed E-state index contributed by atoms with van der Waals surface area (Å²) in [5.74, 6) is 0.883. The summed E-state index contributed by atoms with van der Waals surface area (Å²) in [6.45, 7) is 1.41. The van der Waals surface area contributed by atoms with E-state index in [-0.39, 0.29) is 18.4 Å². The van der Waals surface area contributed by atoms with E-state index in [1.165, 1.54) is 12.8 Å². The average Bonchev–Trinajstić information content (AvgIpc) is 3.57. The molecule has 1 saturated heterocycles. The van der Waals surface area contributed by atoms with Crippen LogP contribution in [0.15, 0.2) is 18.2 Å². The fourth-order valence-electron chi connectivity index (χ4n) is 3.85. The first-order valence-corrected chi connectivity index (χ1v) is 9.39. The number of likely N-dealkylation sites (tertiary alicyclic amines) is 1. The Kier molecular flexibility index (Phi) is 4.51. The van der Waals surface area contributed by atoms with Gasteiger partial charge in [-0.05, 0) is 55.6 Å². The van der Waals surface area contributed by atoms with Crippen LogP contribution in [-0.2, 0) is 4.79 Å². The zero-order valence-electron chi connectivity index (χ0n) is 15.0. The summed E-state index contributed by atoms with van der Waals surface area (Å²) in [5.41, 5.74) is 0.493. The summed E-state index contributed by atoms with van der Waals surface area (Å²) in [5, 5.41) is 9.53. The first-order valence-electron chi connectivity index (χ1n) is 9.39. The van der Waals surface area contributed by atoms with Gasteiger partial charge in [0, 0.05) is 19.2 Å². The molecule has 0 bridgehead atoms. The van der Waals surface area contributed by atoms with Crippen LogP contribution < -0.4 is 9.47 Å². The van der Waals surface area contributed by atoms with Crippen molar-refractivity contribution in [3.63, 3.8) is 0 Å². The lowest BCUT2D eigenvalue weighted by atomic mass is 9.92. The van der Waals surface area contributed by atoms with Crippen molar-refractivity contribution >= 4 is 11.9 Å². The summed E-state index contributed by atoms with van der Waals surface area (Å²) < 4.78 is 11.2. The molecule has 1 aromatic carbocycles. The molecule has 0 unspecified atom stereocenters. The Morgan fingerprint density at radius 3 is 2.58 bits per heavy atom. The second-order valence-corrected chi connectivity index (χ2v) is 7.77. The number of nitrogens with zero attached hydrogens (tertiary/aromatic N) is 1. The van der Waals surface area contributed by atoms with Crippen molar-refractivity contribution < 1.29 is 24.2 Å². The first kappa shape index (κ1) is 17.2. The lowest BCUT2D eigenvalue weighted by molar-refractivity contribution is -0.142. The molecule has 0 spiro atoms. The van der Waals surface area contributed by atoms with Crippen molar-refractivity contribution in [2.75, 3.05) is 26.8 Å². The van der Waals surface area contributed by atoms with Gasteiger partial charge < -0.3 is 19.5 Å². The van der Waals surface area contributed by atoms with E-state index in [0.717, 1.165) is 12.8 Å². The Bertz CT molecular complexity index is 710. The van der Waals surface area contributed by atoms with E-state index in [1.807, 2.05) is 0 Å². The number of ether oxygens (including phenoxy) is 2. The molecule has 6 nitrogen and oxygen atoms in total. The number of carbonyl (C=O) groups is 2. The third kappa shape index (κ3) is 3.50. The molecule has 4 rings (SSSR count). The van der Waals surface area contributed by atoms with Crippen LogP contribution in [0.4, 0.5) is 0 Å². The highest BCUT2D eigenvalue weighted by atomic mass is 16.5. The molecule has 6 heteroatoms. The molecule has 2 aliphatic carbocycles. The fourth-order valence-corrected chi connectivity index (χ4v) is 3.85. The van der Waals surface area contributed by atoms with Gasteiger partial charge in [-0.25, -0.2) is 0 Å². The number of carboxylic acids is 1. The third-order valence-corrected chi connectivity index (χ3v) is 5.79. The topological polar surface area (TPSA) is 76.1 Å². The number of hydrogen-bond donors (Lipinski definition) is 1. The van der Waals surface area contributed by atoms with Crippen molar-refractivity contribution in [1.82, 2.24) is 4.90 Å². The number of amides is 1. The standard InChI is InChI=1S/C20H25NO5/c1-25-14-6-7-15(18(8-14)26-11-12-2-3-12)19(22)21-9-16(13-4-5-13)17(10-21)20(23)24/h6-8,12-13,16-17H,2-5,9-11H2,1H3,(H,23,24)/t16-,17+/m1/s1. The predicted molar refractivity (Wildman–Crippen MR) is 94.5 cm³/mol. The van der Waals surface area contributed by atoms with Crippen LogP contribution in [0, 0.1) is 23.7 Å². The number of aliphatic carboxylic acids is 1. The van der Waals surface area contributed by atoms with E-state index in [1.54, 1.807) is 30.2 Å². The van der Waals surface area contributed by atoms with Crippen LogP contribution in [0.5, 0.6) is 11.5 Å². The molecule has 1 N–H and O–H groups in total. The maximum Gasteiger partial charge on any atom is 0.308 e. The zero-order chi connectivity index (χ0) is 18.3. The van der Waals surface area contributed by atoms with Gasteiger partial charge in [0.2, 0.25) is 0 Å². The van der Waals surface area contributed by atoms with Crippen LogP contribution in [0.25, 0.3) is 0 Å². The monoisotopic (exact) mass is 359 g/mol. The van der Waals surface area contributed by atoms with E-state index in [2.05, 4.69) is 0 Å². The van der Waals surface area contributed by atoms with Crippen LogP contribution >= 0.6 is 0 Å². The minimum Gasteiger partial charge on any atom is -0.497 e. The van der Waals surface area contributed by atoms with Crippen molar-refractivity contribution in [2.45, 2.75) is 25.7 Å². The zero-order valence-corrected chi connectivity index (χ0v) is 15.0. The predicted octanol–water partition coefficient (Wildman–Crippen LogP) is 2.67. The van der Waals surface area contributed by atoms with Crippen LogP contribution in [-0.4, -0.2) is 48.7 Å². The van der Waals surface area contributed by atoms with E-state index in [9.17, 15) is 14.7 Å². The number of carbonyl (C=O) groups excluding carboxylic acids is 1. The Morgan fingerprint density at radius 1 is 1.19 bits per heavy atom. The fraction of sp³-hybridized carbons (Fsp3) is 0.600. The van der Waals surface area contributed by atoms with Gasteiger partial charge in [0.15, 0.2) is 0 Å². The van der Waals surface area contributed by atoms with Gasteiger partial charge in [-0.3, -0.25) is 9.59 Å². The number of benzene rings is 1. The Balaban J connectivity index is 1.53. The molecule has 1 amide bonds. The number of methoxy groups -OCH3 is 1. The minimum absolute atomic E-state index is 0.0746. The maximum absolute atomic E-state index is 13.1. The highest BCUT2D eigenvalue weighted by molar-refractivity contribution is 5.97. The van der Waals surface area contributed by atoms with Gasteiger partial charge in [-0.1, -0.05) is 0 Å². The van der Waals surface area contributed by atoms with E-state index in [4.69, 9.17) is 9.47 Å². The highest BCUT2D eigenvalue weighted by Gasteiger charge is 2.47. The maximum atomic E-state index is 13.1. The largest absolute Gasteiger partial charge is 0.497 e. The molecular formula is C20H25NO5. The molecule has 1 heterocycles. The van der Waals surface area contributed by atoms with Gasteiger partial charge in [-0.15, -0.1) is 0 Å². The SMILES string of the molecule is COc1ccc(C(=O)N2C[C@H](C(=O)O)[C@@H](C3CC3)C2)c(OCC2CC2)c1. The normalized spacial score (nSPS) is 25.2. The van der Waals surface area contributed by atoms with Crippen LogP contribution in [0.3, 0.4) is 0 Å².